The van der Waals surface area contributed by atoms with Crippen molar-refractivity contribution in [3.05, 3.63) is 35.4 Å². The molecule has 0 saturated carbocycles. The molecule has 1 saturated heterocycles. The number of amides is 1. The number of Topliss-reactive ketones (excluding diaryl/α,β-unsaturated/α-hetero) is 1. The predicted octanol–water partition coefficient (Wildman–Crippen LogP) is 2.33. The van der Waals surface area contributed by atoms with Gasteiger partial charge in [0.1, 0.15) is 0 Å². The first-order valence-electron chi connectivity index (χ1n) is 8.22. The molecule has 2 unspecified atom stereocenters. The van der Waals surface area contributed by atoms with E-state index in [4.69, 9.17) is 0 Å². The van der Waals surface area contributed by atoms with Crippen molar-refractivity contribution in [2.45, 2.75) is 45.6 Å². The molecular formula is C18H26N2O2. The van der Waals surface area contributed by atoms with Crippen molar-refractivity contribution in [3.8, 4) is 0 Å². The lowest BCUT2D eigenvalue weighted by atomic mass is 9.94. The minimum Gasteiger partial charge on any atom is -0.352 e. The van der Waals surface area contributed by atoms with Gasteiger partial charge in [-0.2, -0.15) is 0 Å². The third-order valence-corrected chi connectivity index (χ3v) is 4.44. The van der Waals surface area contributed by atoms with E-state index < -0.39 is 0 Å². The van der Waals surface area contributed by atoms with Crippen molar-refractivity contribution in [1.29, 1.82) is 0 Å². The summed E-state index contributed by atoms with van der Waals surface area (Å²) in [6.45, 7) is 6.08. The summed E-state index contributed by atoms with van der Waals surface area (Å²) < 4.78 is 0. The molecule has 1 aromatic rings. The molecule has 2 rings (SSSR count). The summed E-state index contributed by atoms with van der Waals surface area (Å²) in [7, 11) is 0. The van der Waals surface area contributed by atoms with Crippen LogP contribution < -0.4 is 10.6 Å². The van der Waals surface area contributed by atoms with Gasteiger partial charge in [-0.05, 0) is 30.9 Å². The quantitative estimate of drug-likeness (QED) is 0.793. The molecule has 1 heterocycles. The second-order valence-electron chi connectivity index (χ2n) is 6.12. The first-order chi connectivity index (χ1) is 10.6. The molecule has 2 atom stereocenters. The molecular weight excluding hydrogens is 276 g/mol. The zero-order chi connectivity index (χ0) is 15.9. The SMILES string of the molecule is CCc1ccc(C(=O)CCC(=O)NC2CNCCC2C)cc1. The van der Waals surface area contributed by atoms with Crippen molar-refractivity contribution < 1.29 is 9.59 Å². The Morgan fingerprint density at radius 1 is 1.23 bits per heavy atom. The summed E-state index contributed by atoms with van der Waals surface area (Å²) in [5, 5.41) is 6.33. The second kappa shape index (κ2) is 8.08. The van der Waals surface area contributed by atoms with E-state index in [0.717, 1.165) is 25.9 Å². The van der Waals surface area contributed by atoms with E-state index in [0.29, 0.717) is 11.5 Å². The second-order valence-corrected chi connectivity index (χ2v) is 6.12. The average molecular weight is 302 g/mol. The van der Waals surface area contributed by atoms with Gasteiger partial charge in [0.05, 0.1) is 0 Å². The van der Waals surface area contributed by atoms with Crippen LogP contribution in [0.4, 0.5) is 0 Å². The number of carbonyl (C=O) groups excluding carboxylic acids is 2. The summed E-state index contributed by atoms with van der Waals surface area (Å²) in [6, 6.07) is 7.84. The number of aryl methyl sites for hydroxylation is 1. The Morgan fingerprint density at radius 2 is 1.95 bits per heavy atom. The van der Waals surface area contributed by atoms with E-state index in [9.17, 15) is 9.59 Å². The maximum atomic E-state index is 12.1. The van der Waals surface area contributed by atoms with E-state index in [1.165, 1.54) is 5.56 Å². The Labute approximate surface area is 132 Å². The lowest BCUT2D eigenvalue weighted by molar-refractivity contribution is -0.122. The molecule has 2 N–H and O–H groups in total. The van der Waals surface area contributed by atoms with Crippen LogP contribution in [-0.4, -0.2) is 30.8 Å². The van der Waals surface area contributed by atoms with Crippen LogP contribution in [0.5, 0.6) is 0 Å². The molecule has 0 spiro atoms. The number of hydrogen-bond donors (Lipinski definition) is 2. The zero-order valence-corrected chi connectivity index (χ0v) is 13.5. The normalized spacial score (nSPS) is 21.4. The number of ketones is 1. The number of rotatable bonds is 6. The first-order valence-corrected chi connectivity index (χ1v) is 8.22. The molecule has 0 radical (unpaired) electrons. The third-order valence-electron chi connectivity index (χ3n) is 4.44. The number of nitrogens with one attached hydrogen (secondary N) is 2. The largest absolute Gasteiger partial charge is 0.352 e. The first kappa shape index (κ1) is 16.7. The Bertz CT molecular complexity index is 510. The van der Waals surface area contributed by atoms with Crippen molar-refractivity contribution in [3.63, 3.8) is 0 Å². The average Bonchev–Trinajstić information content (AvgIpc) is 2.55. The van der Waals surface area contributed by atoms with E-state index >= 15 is 0 Å². The third kappa shape index (κ3) is 4.67. The molecule has 0 aliphatic carbocycles. The topological polar surface area (TPSA) is 58.2 Å². The van der Waals surface area contributed by atoms with E-state index in [-0.39, 0.29) is 30.6 Å². The number of benzene rings is 1. The van der Waals surface area contributed by atoms with Gasteiger partial charge in [0.15, 0.2) is 5.78 Å². The van der Waals surface area contributed by atoms with E-state index in [2.05, 4.69) is 24.5 Å². The van der Waals surface area contributed by atoms with Gasteiger partial charge in [-0.15, -0.1) is 0 Å². The van der Waals surface area contributed by atoms with Gasteiger partial charge in [0, 0.05) is 31.0 Å². The minimum atomic E-state index is -0.0286. The Kier molecular flexibility index (Phi) is 6.13. The number of carbonyl (C=O) groups is 2. The molecule has 1 aliphatic heterocycles. The predicted molar refractivity (Wildman–Crippen MR) is 88.0 cm³/mol. The van der Waals surface area contributed by atoms with Crippen LogP contribution in [0.25, 0.3) is 0 Å². The fraction of sp³-hybridized carbons (Fsp3) is 0.556. The maximum Gasteiger partial charge on any atom is 0.220 e. The lowest BCUT2D eigenvalue weighted by Crippen LogP contribution is -2.50. The Morgan fingerprint density at radius 3 is 2.59 bits per heavy atom. The van der Waals surface area contributed by atoms with Crippen LogP contribution >= 0.6 is 0 Å². The van der Waals surface area contributed by atoms with Gasteiger partial charge in [-0.3, -0.25) is 9.59 Å². The molecule has 22 heavy (non-hydrogen) atoms. The molecule has 1 aromatic carbocycles. The van der Waals surface area contributed by atoms with Crippen LogP contribution in [0.1, 0.15) is 49.0 Å². The highest BCUT2D eigenvalue weighted by molar-refractivity contribution is 5.98. The van der Waals surface area contributed by atoms with E-state index in [1.807, 2.05) is 24.3 Å². The van der Waals surface area contributed by atoms with Crippen molar-refractivity contribution in [1.82, 2.24) is 10.6 Å². The Hall–Kier alpha value is -1.68. The summed E-state index contributed by atoms with van der Waals surface area (Å²) in [5.41, 5.74) is 1.91. The Balaban J connectivity index is 1.78. The minimum absolute atomic E-state index is 0.0286. The molecule has 0 bridgehead atoms. The van der Waals surface area contributed by atoms with Gasteiger partial charge < -0.3 is 10.6 Å². The van der Waals surface area contributed by atoms with Gasteiger partial charge in [0.25, 0.3) is 0 Å². The molecule has 4 heteroatoms. The van der Waals surface area contributed by atoms with Crippen LogP contribution in [0.15, 0.2) is 24.3 Å². The highest BCUT2D eigenvalue weighted by atomic mass is 16.2. The van der Waals surface area contributed by atoms with Crippen molar-refractivity contribution in [2.75, 3.05) is 13.1 Å². The highest BCUT2D eigenvalue weighted by Gasteiger charge is 2.22. The van der Waals surface area contributed by atoms with Gasteiger partial charge in [0.2, 0.25) is 5.91 Å². The van der Waals surface area contributed by atoms with Crippen molar-refractivity contribution in [2.24, 2.45) is 5.92 Å². The summed E-state index contributed by atoms with van der Waals surface area (Å²) in [6.07, 6.45) is 2.57. The molecule has 4 nitrogen and oxygen atoms in total. The molecule has 1 aliphatic rings. The van der Waals surface area contributed by atoms with Crippen LogP contribution in [0, 0.1) is 5.92 Å². The summed E-state index contributed by atoms with van der Waals surface area (Å²) in [5.74, 6) is 0.495. The fourth-order valence-electron chi connectivity index (χ4n) is 2.76. The van der Waals surface area contributed by atoms with E-state index in [1.54, 1.807) is 0 Å². The molecule has 0 aromatic heterocycles. The summed E-state index contributed by atoms with van der Waals surface area (Å²) in [4.78, 5) is 24.1. The zero-order valence-electron chi connectivity index (χ0n) is 13.5. The summed E-state index contributed by atoms with van der Waals surface area (Å²) >= 11 is 0. The van der Waals surface area contributed by atoms with Gasteiger partial charge in [-0.1, -0.05) is 38.1 Å². The standard InChI is InChI=1S/C18H26N2O2/c1-3-14-4-6-15(7-5-14)17(21)8-9-18(22)20-16-12-19-11-10-13(16)2/h4-7,13,16,19H,3,8-12H2,1-2H3,(H,20,22). The smallest absolute Gasteiger partial charge is 0.220 e. The van der Waals surface area contributed by atoms with Crippen LogP contribution in [-0.2, 0) is 11.2 Å². The van der Waals surface area contributed by atoms with Gasteiger partial charge >= 0.3 is 0 Å². The van der Waals surface area contributed by atoms with Crippen LogP contribution in [0.3, 0.4) is 0 Å². The highest BCUT2D eigenvalue weighted by Crippen LogP contribution is 2.12. The monoisotopic (exact) mass is 302 g/mol. The molecule has 1 amide bonds. The number of hydrogen-bond acceptors (Lipinski definition) is 3. The van der Waals surface area contributed by atoms with Gasteiger partial charge in [-0.25, -0.2) is 0 Å². The number of piperidine rings is 1. The lowest BCUT2D eigenvalue weighted by Gasteiger charge is -2.30. The fourth-order valence-corrected chi connectivity index (χ4v) is 2.76. The molecule has 1 fully saturated rings. The molecule has 120 valence electrons. The van der Waals surface area contributed by atoms with Crippen LogP contribution in [0.2, 0.25) is 0 Å². The van der Waals surface area contributed by atoms with Crippen molar-refractivity contribution >= 4 is 11.7 Å². The maximum absolute atomic E-state index is 12.1.